The fourth-order valence-corrected chi connectivity index (χ4v) is 2.29. The second kappa shape index (κ2) is 7.64. The minimum absolute atomic E-state index is 0.138. The Morgan fingerprint density at radius 3 is 2.81 bits per heavy atom. The van der Waals surface area contributed by atoms with Crippen LogP contribution in [-0.4, -0.2) is 13.0 Å². The summed E-state index contributed by atoms with van der Waals surface area (Å²) in [7, 11) is 1.62. The van der Waals surface area contributed by atoms with Crippen molar-refractivity contribution in [2.45, 2.75) is 6.54 Å². The first-order valence-electron chi connectivity index (χ1n) is 6.52. The second-order valence-electron chi connectivity index (χ2n) is 4.42. The quantitative estimate of drug-likeness (QED) is 0.837. The highest BCUT2D eigenvalue weighted by Gasteiger charge is 2.02. The molecule has 0 aliphatic rings. The summed E-state index contributed by atoms with van der Waals surface area (Å²) in [5.74, 6) is 0.634. The van der Waals surface area contributed by atoms with Crippen LogP contribution in [0.1, 0.15) is 11.1 Å². The molecule has 2 rings (SSSR count). The number of para-hydroxylation sites is 1. The number of benzene rings is 2. The van der Waals surface area contributed by atoms with E-state index in [2.05, 4.69) is 21.2 Å². The molecule has 4 heteroatoms. The molecule has 2 aromatic rings. The van der Waals surface area contributed by atoms with Gasteiger partial charge in [0.1, 0.15) is 5.75 Å². The van der Waals surface area contributed by atoms with Gasteiger partial charge in [0.15, 0.2) is 0 Å². The molecule has 1 N–H and O–H groups in total. The molecule has 0 spiro atoms. The van der Waals surface area contributed by atoms with E-state index in [0.29, 0.717) is 6.54 Å². The van der Waals surface area contributed by atoms with Gasteiger partial charge in [0.2, 0.25) is 5.91 Å². The third-order valence-corrected chi connectivity index (χ3v) is 3.41. The van der Waals surface area contributed by atoms with E-state index in [1.165, 1.54) is 6.08 Å². The molecule has 0 aliphatic carbocycles. The first kappa shape index (κ1) is 15.3. The van der Waals surface area contributed by atoms with Gasteiger partial charge in [0.25, 0.3) is 0 Å². The number of rotatable bonds is 5. The van der Waals surface area contributed by atoms with Gasteiger partial charge in [0.05, 0.1) is 7.11 Å². The molecule has 0 fully saturated rings. The minimum Gasteiger partial charge on any atom is -0.496 e. The summed E-state index contributed by atoms with van der Waals surface area (Å²) in [6.07, 6.45) is 3.31. The number of methoxy groups -OCH3 is 1. The van der Waals surface area contributed by atoms with Crippen molar-refractivity contribution in [3.8, 4) is 5.75 Å². The van der Waals surface area contributed by atoms with Crippen molar-refractivity contribution in [3.05, 3.63) is 70.2 Å². The van der Waals surface area contributed by atoms with E-state index in [1.54, 1.807) is 13.2 Å². The van der Waals surface area contributed by atoms with Crippen LogP contribution in [0.3, 0.4) is 0 Å². The van der Waals surface area contributed by atoms with Crippen molar-refractivity contribution in [2.75, 3.05) is 7.11 Å². The van der Waals surface area contributed by atoms with Gasteiger partial charge in [-0.15, -0.1) is 0 Å². The summed E-state index contributed by atoms with van der Waals surface area (Å²) in [6, 6.07) is 15.4. The summed E-state index contributed by atoms with van der Waals surface area (Å²) in [4.78, 5) is 11.8. The lowest BCUT2D eigenvalue weighted by molar-refractivity contribution is -0.116. The number of carbonyl (C=O) groups is 1. The number of nitrogens with one attached hydrogen (secondary N) is 1. The zero-order valence-electron chi connectivity index (χ0n) is 11.7. The highest BCUT2D eigenvalue weighted by molar-refractivity contribution is 9.10. The van der Waals surface area contributed by atoms with Crippen LogP contribution < -0.4 is 10.1 Å². The minimum atomic E-state index is -0.138. The fraction of sp³-hybridized carbons (Fsp3) is 0.118. The predicted molar refractivity (Wildman–Crippen MR) is 88.0 cm³/mol. The molecule has 108 valence electrons. The van der Waals surface area contributed by atoms with Crippen molar-refractivity contribution < 1.29 is 9.53 Å². The van der Waals surface area contributed by atoms with E-state index in [1.807, 2.05) is 48.5 Å². The highest BCUT2D eigenvalue weighted by Crippen LogP contribution is 2.16. The van der Waals surface area contributed by atoms with E-state index in [-0.39, 0.29) is 5.91 Å². The van der Waals surface area contributed by atoms with Crippen molar-refractivity contribution in [2.24, 2.45) is 0 Å². The van der Waals surface area contributed by atoms with E-state index >= 15 is 0 Å². The van der Waals surface area contributed by atoms with Gasteiger partial charge in [-0.25, -0.2) is 0 Å². The molecule has 0 saturated heterocycles. The largest absolute Gasteiger partial charge is 0.496 e. The van der Waals surface area contributed by atoms with Crippen LogP contribution >= 0.6 is 15.9 Å². The maximum Gasteiger partial charge on any atom is 0.244 e. The van der Waals surface area contributed by atoms with E-state index < -0.39 is 0 Å². The van der Waals surface area contributed by atoms with Crippen LogP contribution in [0.2, 0.25) is 0 Å². The molecule has 2 aromatic carbocycles. The Hall–Kier alpha value is -2.07. The molecule has 1 amide bonds. The molecule has 0 saturated carbocycles. The summed E-state index contributed by atoms with van der Waals surface area (Å²) in [6.45, 7) is 0.436. The number of ether oxygens (including phenoxy) is 1. The zero-order chi connectivity index (χ0) is 15.1. The Balaban J connectivity index is 1.93. The molecule has 3 nitrogen and oxygen atoms in total. The third-order valence-electron chi connectivity index (χ3n) is 2.92. The molecule has 0 aromatic heterocycles. The summed E-state index contributed by atoms with van der Waals surface area (Å²) in [5, 5.41) is 2.84. The van der Waals surface area contributed by atoms with E-state index in [0.717, 1.165) is 21.3 Å². The topological polar surface area (TPSA) is 38.3 Å². The normalized spacial score (nSPS) is 10.6. The molecule has 0 bridgehead atoms. The number of halogens is 1. The SMILES string of the molecule is COc1ccccc1CNC(=O)C=Cc1cccc(Br)c1. The van der Waals surface area contributed by atoms with Gasteiger partial charge in [-0.2, -0.15) is 0 Å². The van der Waals surface area contributed by atoms with Crippen LogP contribution in [0, 0.1) is 0 Å². The van der Waals surface area contributed by atoms with Crippen LogP contribution in [0.4, 0.5) is 0 Å². The monoisotopic (exact) mass is 345 g/mol. The smallest absolute Gasteiger partial charge is 0.244 e. The first-order chi connectivity index (χ1) is 10.2. The number of amides is 1. The lowest BCUT2D eigenvalue weighted by atomic mass is 10.2. The molecule has 0 radical (unpaired) electrons. The molecular formula is C17H16BrNO2. The average Bonchev–Trinajstić information content (AvgIpc) is 2.51. The van der Waals surface area contributed by atoms with Gasteiger partial charge in [-0.1, -0.05) is 46.3 Å². The number of hydrogen-bond acceptors (Lipinski definition) is 2. The summed E-state index contributed by atoms with van der Waals surface area (Å²) >= 11 is 3.40. The number of carbonyl (C=O) groups excluding carboxylic acids is 1. The van der Waals surface area contributed by atoms with Crippen molar-refractivity contribution in [3.63, 3.8) is 0 Å². The molecule has 0 heterocycles. The molecule has 21 heavy (non-hydrogen) atoms. The van der Waals surface area contributed by atoms with Gasteiger partial charge in [-0.3, -0.25) is 4.79 Å². The predicted octanol–water partition coefficient (Wildman–Crippen LogP) is 3.79. The Kier molecular flexibility index (Phi) is 5.58. The van der Waals surface area contributed by atoms with Crippen molar-refractivity contribution in [1.29, 1.82) is 0 Å². The molecule has 0 atom stereocenters. The van der Waals surface area contributed by atoms with Crippen LogP contribution in [-0.2, 0) is 11.3 Å². The molecular weight excluding hydrogens is 330 g/mol. The summed E-state index contributed by atoms with van der Waals surface area (Å²) < 4.78 is 6.23. The van der Waals surface area contributed by atoms with Crippen molar-refractivity contribution >= 4 is 27.9 Å². The molecule has 0 unspecified atom stereocenters. The third kappa shape index (κ3) is 4.76. The highest BCUT2D eigenvalue weighted by atomic mass is 79.9. The zero-order valence-corrected chi connectivity index (χ0v) is 13.3. The second-order valence-corrected chi connectivity index (χ2v) is 5.33. The Morgan fingerprint density at radius 2 is 2.05 bits per heavy atom. The first-order valence-corrected chi connectivity index (χ1v) is 7.31. The van der Waals surface area contributed by atoms with Gasteiger partial charge in [-0.05, 0) is 29.8 Å². The lowest BCUT2D eigenvalue weighted by Crippen LogP contribution is -2.20. The Bertz CT molecular complexity index is 653. The van der Waals surface area contributed by atoms with E-state index in [9.17, 15) is 4.79 Å². The Morgan fingerprint density at radius 1 is 1.24 bits per heavy atom. The van der Waals surface area contributed by atoms with Gasteiger partial charge in [0, 0.05) is 22.7 Å². The van der Waals surface area contributed by atoms with Crippen molar-refractivity contribution in [1.82, 2.24) is 5.32 Å². The molecule has 0 aliphatic heterocycles. The summed E-state index contributed by atoms with van der Waals surface area (Å²) in [5.41, 5.74) is 1.92. The van der Waals surface area contributed by atoms with Crippen LogP contribution in [0.25, 0.3) is 6.08 Å². The van der Waals surface area contributed by atoms with Crippen LogP contribution in [0.5, 0.6) is 5.75 Å². The van der Waals surface area contributed by atoms with Gasteiger partial charge >= 0.3 is 0 Å². The van der Waals surface area contributed by atoms with Crippen LogP contribution in [0.15, 0.2) is 59.1 Å². The van der Waals surface area contributed by atoms with E-state index in [4.69, 9.17) is 4.74 Å². The fourth-order valence-electron chi connectivity index (χ4n) is 1.87. The average molecular weight is 346 g/mol. The Labute approximate surface area is 132 Å². The van der Waals surface area contributed by atoms with Gasteiger partial charge < -0.3 is 10.1 Å². The number of hydrogen-bond donors (Lipinski definition) is 1. The standard InChI is InChI=1S/C17H16BrNO2/c1-21-16-8-3-2-6-14(16)12-19-17(20)10-9-13-5-4-7-15(18)11-13/h2-11H,12H2,1H3,(H,19,20). The maximum atomic E-state index is 11.8. The maximum absolute atomic E-state index is 11.8. The lowest BCUT2D eigenvalue weighted by Gasteiger charge is -2.08.